The molecule has 80 valence electrons. The van der Waals surface area contributed by atoms with Crippen molar-refractivity contribution in [3.8, 4) is 0 Å². The number of nitro benzene ring substituents is 1. The third-order valence-corrected chi connectivity index (χ3v) is 2.33. The molecule has 1 aromatic carbocycles. The first kappa shape index (κ1) is 11.5. The maximum atomic E-state index is 10.7. The summed E-state index contributed by atoms with van der Waals surface area (Å²) in [6.45, 7) is 0. The van der Waals surface area contributed by atoms with Crippen molar-refractivity contribution < 1.29 is 9.72 Å². The van der Waals surface area contributed by atoms with Gasteiger partial charge in [-0.15, -0.1) is 0 Å². The Labute approximate surface area is 91.4 Å². The Hall–Kier alpha value is -1.62. The minimum atomic E-state index is -0.630. The van der Waals surface area contributed by atoms with Crippen LogP contribution >= 0.6 is 11.6 Å². The van der Waals surface area contributed by atoms with Gasteiger partial charge < -0.3 is 4.90 Å². The van der Waals surface area contributed by atoms with Crippen molar-refractivity contribution in [2.24, 2.45) is 0 Å². The SMILES string of the molecule is CN(C)c1ccc([N+](=O)[O-])c(C=O)c1Cl. The summed E-state index contributed by atoms with van der Waals surface area (Å²) in [6, 6.07) is 2.78. The molecular weight excluding hydrogens is 220 g/mol. The molecule has 0 spiro atoms. The van der Waals surface area contributed by atoms with Crippen LogP contribution in [0.2, 0.25) is 5.02 Å². The number of carbonyl (C=O) groups is 1. The molecule has 0 atom stereocenters. The van der Waals surface area contributed by atoms with Crippen LogP contribution in [-0.4, -0.2) is 25.3 Å². The van der Waals surface area contributed by atoms with Crippen molar-refractivity contribution in [1.29, 1.82) is 0 Å². The lowest BCUT2D eigenvalue weighted by molar-refractivity contribution is -0.385. The fraction of sp³-hybridized carbons (Fsp3) is 0.222. The normalized spacial score (nSPS) is 9.80. The quantitative estimate of drug-likeness (QED) is 0.452. The molecule has 15 heavy (non-hydrogen) atoms. The lowest BCUT2D eigenvalue weighted by Crippen LogP contribution is -2.10. The molecule has 0 radical (unpaired) electrons. The van der Waals surface area contributed by atoms with Gasteiger partial charge in [0.25, 0.3) is 5.69 Å². The van der Waals surface area contributed by atoms with Gasteiger partial charge in [0, 0.05) is 20.2 Å². The summed E-state index contributed by atoms with van der Waals surface area (Å²) in [5.74, 6) is 0. The Bertz CT molecular complexity index is 418. The van der Waals surface area contributed by atoms with Gasteiger partial charge in [0.15, 0.2) is 6.29 Å². The third kappa shape index (κ3) is 2.07. The van der Waals surface area contributed by atoms with Crippen LogP contribution in [0.15, 0.2) is 12.1 Å². The maximum absolute atomic E-state index is 10.7. The summed E-state index contributed by atoms with van der Waals surface area (Å²) < 4.78 is 0. The van der Waals surface area contributed by atoms with Gasteiger partial charge in [0.1, 0.15) is 5.56 Å². The van der Waals surface area contributed by atoms with Crippen LogP contribution < -0.4 is 4.90 Å². The van der Waals surface area contributed by atoms with E-state index in [2.05, 4.69) is 0 Å². The Morgan fingerprint density at radius 1 is 1.47 bits per heavy atom. The number of nitrogens with zero attached hydrogens (tertiary/aromatic N) is 2. The molecule has 0 aliphatic carbocycles. The van der Waals surface area contributed by atoms with Crippen molar-refractivity contribution in [3.05, 3.63) is 32.8 Å². The van der Waals surface area contributed by atoms with Gasteiger partial charge in [0.2, 0.25) is 0 Å². The molecular formula is C9H9ClN2O3. The van der Waals surface area contributed by atoms with Crippen LogP contribution in [0.4, 0.5) is 11.4 Å². The monoisotopic (exact) mass is 228 g/mol. The Morgan fingerprint density at radius 3 is 2.47 bits per heavy atom. The van der Waals surface area contributed by atoms with E-state index >= 15 is 0 Å². The third-order valence-electron chi connectivity index (χ3n) is 1.93. The van der Waals surface area contributed by atoms with Gasteiger partial charge in [-0.2, -0.15) is 0 Å². The predicted octanol–water partition coefficient (Wildman–Crippen LogP) is 2.13. The molecule has 0 saturated carbocycles. The van der Waals surface area contributed by atoms with Gasteiger partial charge in [-0.25, -0.2) is 0 Å². The zero-order chi connectivity index (χ0) is 11.6. The van der Waals surface area contributed by atoms with E-state index in [1.54, 1.807) is 19.0 Å². The predicted molar refractivity (Wildman–Crippen MR) is 57.8 cm³/mol. The average molecular weight is 229 g/mol. The molecule has 0 unspecified atom stereocenters. The van der Waals surface area contributed by atoms with E-state index in [0.717, 1.165) is 0 Å². The molecule has 0 bridgehead atoms. The number of hydrogen-bond donors (Lipinski definition) is 0. The van der Waals surface area contributed by atoms with Crippen LogP contribution in [0, 0.1) is 10.1 Å². The van der Waals surface area contributed by atoms with Crippen LogP contribution in [0.3, 0.4) is 0 Å². The number of aldehydes is 1. The van der Waals surface area contributed by atoms with E-state index < -0.39 is 4.92 Å². The van der Waals surface area contributed by atoms with Crippen LogP contribution in [-0.2, 0) is 0 Å². The van der Waals surface area contributed by atoms with Crippen LogP contribution in [0.5, 0.6) is 0 Å². The molecule has 6 heteroatoms. The number of anilines is 1. The van der Waals surface area contributed by atoms with Crippen LogP contribution in [0.1, 0.15) is 10.4 Å². The number of nitro groups is 1. The maximum Gasteiger partial charge on any atom is 0.281 e. The van der Waals surface area contributed by atoms with Gasteiger partial charge in [-0.05, 0) is 6.07 Å². The van der Waals surface area contributed by atoms with Crippen molar-refractivity contribution in [2.75, 3.05) is 19.0 Å². The first-order valence-corrected chi connectivity index (χ1v) is 4.46. The highest BCUT2D eigenvalue weighted by Gasteiger charge is 2.19. The molecule has 5 nitrogen and oxygen atoms in total. The second kappa shape index (κ2) is 4.27. The number of halogens is 1. The first-order chi connectivity index (χ1) is 6.99. The highest BCUT2D eigenvalue weighted by molar-refractivity contribution is 6.36. The summed E-state index contributed by atoms with van der Waals surface area (Å²) in [5, 5.41) is 10.7. The largest absolute Gasteiger partial charge is 0.376 e. The minimum Gasteiger partial charge on any atom is -0.376 e. The first-order valence-electron chi connectivity index (χ1n) is 4.08. The molecule has 0 saturated heterocycles. The van der Waals surface area contributed by atoms with Crippen molar-refractivity contribution in [3.63, 3.8) is 0 Å². The van der Waals surface area contributed by atoms with Crippen LogP contribution in [0.25, 0.3) is 0 Å². The summed E-state index contributed by atoms with van der Waals surface area (Å²) in [5.41, 5.74) is 0.206. The zero-order valence-corrected chi connectivity index (χ0v) is 8.99. The number of hydrogen-bond acceptors (Lipinski definition) is 4. The second-order valence-electron chi connectivity index (χ2n) is 3.10. The molecule has 0 fully saturated rings. The molecule has 0 N–H and O–H groups in total. The smallest absolute Gasteiger partial charge is 0.281 e. The van der Waals surface area contributed by atoms with E-state index in [1.807, 2.05) is 0 Å². The lowest BCUT2D eigenvalue weighted by atomic mass is 10.1. The van der Waals surface area contributed by atoms with Crippen molar-refractivity contribution >= 4 is 29.3 Å². The van der Waals surface area contributed by atoms with E-state index in [-0.39, 0.29) is 16.3 Å². The average Bonchev–Trinajstić information content (AvgIpc) is 2.16. The molecule has 0 aliphatic rings. The number of rotatable bonds is 3. The van der Waals surface area contributed by atoms with Gasteiger partial charge in [0.05, 0.1) is 15.6 Å². The van der Waals surface area contributed by atoms with E-state index in [0.29, 0.717) is 12.0 Å². The lowest BCUT2D eigenvalue weighted by Gasteiger charge is -2.14. The Balaban J connectivity index is 3.45. The molecule has 1 aromatic rings. The van der Waals surface area contributed by atoms with E-state index in [1.165, 1.54) is 12.1 Å². The minimum absolute atomic E-state index is 0.0899. The molecule has 1 rings (SSSR count). The number of benzene rings is 1. The fourth-order valence-electron chi connectivity index (χ4n) is 1.19. The van der Waals surface area contributed by atoms with E-state index in [4.69, 9.17) is 11.6 Å². The fourth-order valence-corrected chi connectivity index (χ4v) is 1.56. The molecule has 0 heterocycles. The summed E-state index contributed by atoms with van der Waals surface area (Å²) in [4.78, 5) is 22.4. The highest BCUT2D eigenvalue weighted by atomic mass is 35.5. The summed E-state index contributed by atoms with van der Waals surface area (Å²) >= 11 is 5.88. The topological polar surface area (TPSA) is 63.4 Å². The van der Waals surface area contributed by atoms with E-state index in [9.17, 15) is 14.9 Å². The second-order valence-corrected chi connectivity index (χ2v) is 3.48. The molecule has 0 amide bonds. The Morgan fingerprint density at radius 2 is 2.07 bits per heavy atom. The Kier molecular flexibility index (Phi) is 3.26. The summed E-state index contributed by atoms with van der Waals surface area (Å²) in [7, 11) is 3.48. The van der Waals surface area contributed by atoms with Gasteiger partial charge in [-0.3, -0.25) is 14.9 Å². The molecule has 0 aliphatic heterocycles. The standard InChI is InChI=1S/C9H9ClN2O3/c1-11(2)8-4-3-7(12(14)15)6(5-13)9(8)10/h3-5H,1-2H3. The molecule has 0 aromatic heterocycles. The van der Waals surface area contributed by atoms with Crippen molar-refractivity contribution in [1.82, 2.24) is 0 Å². The van der Waals surface area contributed by atoms with Gasteiger partial charge in [-0.1, -0.05) is 11.6 Å². The number of carbonyl (C=O) groups excluding carboxylic acids is 1. The van der Waals surface area contributed by atoms with Gasteiger partial charge >= 0.3 is 0 Å². The summed E-state index contributed by atoms with van der Waals surface area (Å²) in [6.07, 6.45) is 0.396. The highest BCUT2D eigenvalue weighted by Crippen LogP contribution is 2.33. The van der Waals surface area contributed by atoms with Crippen molar-refractivity contribution in [2.45, 2.75) is 0 Å². The zero-order valence-electron chi connectivity index (χ0n) is 8.23.